The quantitative estimate of drug-likeness (QED) is 0.429. The standard InChI is InChI=1S/C26H25N7O2/c1-27-26(35)20-9-12-30-25-17(4-2-5-19(20)25)7-10-28-22-15-21(31-16-32-22)18-8-11-29-23(14-18)33-13-3-6-24(33)34/h2,4-5,8-9,11-12,14-16H,3,6-7,10,13H2,1H3,(H,27,35)(H,28,31,32). The molecule has 0 spiro atoms. The van der Waals surface area contributed by atoms with Crippen molar-refractivity contribution in [2.75, 3.05) is 30.4 Å². The van der Waals surface area contributed by atoms with Crippen LogP contribution in [0.25, 0.3) is 22.2 Å². The number of anilines is 2. The summed E-state index contributed by atoms with van der Waals surface area (Å²) in [5.74, 6) is 1.32. The molecule has 0 unspecified atom stereocenters. The fraction of sp³-hybridized carbons (Fsp3) is 0.231. The molecule has 0 radical (unpaired) electrons. The van der Waals surface area contributed by atoms with Gasteiger partial charge in [0.1, 0.15) is 18.0 Å². The van der Waals surface area contributed by atoms with Crippen LogP contribution in [0.5, 0.6) is 0 Å². The van der Waals surface area contributed by atoms with Crippen LogP contribution in [0, 0.1) is 0 Å². The smallest absolute Gasteiger partial charge is 0.251 e. The highest BCUT2D eigenvalue weighted by molar-refractivity contribution is 6.06. The molecule has 2 N–H and O–H groups in total. The fourth-order valence-electron chi connectivity index (χ4n) is 4.32. The third kappa shape index (κ3) is 4.65. The van der Waals surface area contributed by atoms with Gasteiger partial charge in [0.15, 0.2) is 0 Å². The highest BCUT2D eigenvalue weighted by Crippen LogP contribution is 2.25. The molecule has 35 heavy (non-hydrogen) atoms. The van der Waals surface area contributed by atoms with Gasteiger partial charge in [0.05, 0.1) is 16.8 Å². The summed E-state index contributed by atoms with van der Waals surface area (Å²) in [4.78, 5) is 43.7. The van der Waals surface area contributed by atoms with Crippen LogP contribution >= 0.6 is 0 Å². The Hall–Kier alpha value is -4.40. The van der Waals surface area contributed by atoms with Crippen molar-refractivity contribution in [2.24, 2.45) is 0 Å². The van der Waals surface area contributed by atoms with Crippen molar-refractivity contribution in [3.8, 4) is 11.3 Å². The van der Waals surface area contributed by atoms with Gasteiger partial charge < -0.3 is 10.6 Å². The summed E-state index contributed by atoms with van der Waals surface area (Å²) in [6, 6.07) is 13.3. The predicted octanol–water partition coefficient (Wildman–Crippen LogP) is 3.23. The molecule has 1 aliphatic heterocycles. The summed E-state index contributed by atoms with van der Waals surface area (Å²) >= 11 is 0. The number of amides is 2. The number of nitrogens with zero attached hydrogens (tertiary/aromatic N) is 5. The third-order valence-electron chi connectivity index (χ3n) is 6.09. The van der Waals surface area contributed by atoms with Crippen LogP contribution in [0.1, 0.15) is 28.8 Å². The number of rotatable bonds is 7. The predicted molar refractivity (Wildman–Crippen MR) is 134 cm³/mol. The average Bonchev–Trinajstić information content (AvgIpc) is 3.34. The zero-order chi connectivity index (χ0) is 24.2. The minimum atomic E-state index is -0.130. The number of benzene rings is 1. The lowest BCUT2D eigenvalue weighted by Crippen LogP contribution is -2.24. The van der Waals surface area contributed by atoms with E-state index in [1.165, 1.54) is 6.33 Å². The number of hydrogen-bond donors (Lipinski definition) is 2. The lowest BCUT2D eigenvalue weighted by Gasteiger charge is -2.15. The average molecular weight is 468 g/mol. The summed E-state index contributed by atoms with van der Waals surface area (Å²) in [6.07, 6.45) is 7.01. The van der Waals surface area contributed by atoms with Gasteiger partial charge in [-0.25, -0.2) is 15.0 Å². The molecule has 0 saturated carbocycles. The molecule has 0 atom stereocenters. The number of aromatic nitrogens is 4. The third-order valence-corrected chi connectivity index (χ3v) is 6.09. The molecular formula is C26H25N7O2. The number of carbonyl (C=O) groups is 2. The van der Waals surface area contributed by atoms with Gasteiger partial charge in [-0.3, -0.25) is 19.5 Å². The number of hydrogen-bond acceptors (Lipinski definition) is 7. The molecule has 5 rings (SSSR count). The van der Waals surface area contributed by atoms with E-state index in [-0.39, 0.29) is 11.8 Å². The number of pyridine rings is 2. The van der Waals surface area contributed by atoms with Crippen molar-refractivity contribution in [1.29, 1.82) is 0 Å². The second-order valence-corrected chi connectivity index (χ2v) is 8.27. The van der Waals surface area contributed by atoms with Gasteiger partial charge >= 0.3 is 0 Å². The molecule has 1 aromatic carbocycles. The summed E-state index contributed by atoms with van der Waals surface area (Å²) in [5, 5.41) is 6.87. The summed E-state index contributed by atoms with van der Waals surface area (Å²) in [6.45, 7) is 1.32. The van der Waals surface area contributed by atoms with E-state index in [2.05, 4.69) is 30.6 Å². The van der Waals surface area contributed by atoms with E-state index >= 15 is 0 Å². The minimum Gasteiger partial charge on any atom is -0.370 e. The Balaban J connectivity index is 1.31. The van der Waals surface area contributed by atoms with E-state index < -0.39 is 0 Å². The van der Waals surface area contributed by atoms with Crippen LogP contribution in [0.2, 0.25) is 0 Å². The summed E-state index contributed by atoms with van der Waals surface area (Å²) < 4.78 is 0. The molecule has 1 fully saturated rings. The molecule has 0 bridgehead atoms. The van der Waals surface area contributed by atoms with Crippen molar-refractivity contribution in [3.05, 3.63) is 72.3 Å². The highest BCUT2D eigenvalue weighted by atomic mass is 16.2. The molecule has 4 aromatic rings. The maximum atomic E-state index is 12.2. The normalized spacial score (nSPS) is 13.3. The van der Waals surface area contributed by atoms with Gasteiger partial charge in [0.25, 0.3) is 5.91 Å². The zero-order valence-electron chi connectivity index (χ0n) is 19.4. The monoisotopic (exact) mass is 467 g/mol. The van der Waals surface area contributed by atoms with E-state index in [0.717, 1.165) is 34.1 Å². The number of fused-ring (bicyclic) bond motifs is 1. The molecule has 9 heteroatoms. The summed E-state index contributed by atoms with van der Waals surface area (Å²) in [5.41, 5.74) is 4.10. The van der Waals surface area contributed by atoms with Gasteiger partial charge in [-0.1, -0.05) is 18.2 Å². The highest BCUT2D eigenvalue weighted by Gasteiger charge is 2.23. The Morgan fingerprint density at radius 2 is 1.94 bits per heavy atom. The van der Waals surface area contributed by atoms with E-state index in [1.54, 1.807) is 30.4 Å². The van der Waals surface area contributed by atoms with E-state index in [1.807, 2.05) is 36.4 Å². The van der Waals surface area contributed by atoms with E-state index in [9.17, 15) is 9.59 Å². The van der Waals surface area contributed by atoms with Crippen LogP contribution in [-0.2, 0) is 11.2 Å². The Bertz CT molecular complexity index is 1410. The lowest BCUT2D eigenvalue weighted by atomic mass is 10.0. The molecule has 0 aliphatic carbocycles. The van der Waals surface area contributed by atoms with Gasteiger partial charge in [0.2, 0.25) is 5.91 Å². The summed E-state index contributed by atoms with van der Waals surface area (Å²) in [7, 11) is 1.62. The first-order valence-electron chi connectivity index (χ1n) is 11.6. The molecule has 176 valence electrons. The maximum absolute atomic E-state index is 12.2. The topological polar surface area (TPSA) is 113 Å². The van der Waals surface area contributed by atoms with Crippen molar-refractivity contribution in [2.45, 2.75) is 19.3 Å². The molecule has 9 nitrogen and oxygen atoms in total. The van der Waals surface area contributed by atoms with Crippen LogP contribution in [0.15, 0.2) is 61.2 Å². The first-order chi connectivity index (χ1) is 17.1. The Labute approximate surface area is 202 Å². The van der Waals surface area contributed by atoms with Crippen molar-refractivity contribution in [3.63, 3.8) is 0 Å². The Morgan fingerprint density at radius 1 is 1.06 bits per heavy atom. The van der Waals surface area contributed by atoms with E-state index in [4.69, 9.17) is 0 Å². The van der Waals surface area contributed by atoms with Crippen LogP contribution < -0.4 is 15.5 Å². The zero-order valence-corrected chi connectivity index (χ0v) is 19.4. The van der Waals surface area contributed by atoms with Crippen LogP contribution in [-0.4, -0.2) is 51.9 Å². The molecule has 1 saturated heterocycles. The number of para-hydroxylation sites is 1. The number of carbonyl (C=O) groups excluding carboxylic acids is 2. The van der Waals surface area contributed by atoms with Gasteiger partial charge in [0, 0.05) is 56.0 Å². The van der Waals surface area contributed by atoms with Crippen molar-refractivity contribution in [1.82, 2.24) is 25.3 Å². The van der Waals surface area contributed by atoms with Crippen LogP contribution in [0.3, 0.4) is 0 Å². The van der Waals surface area contributed by atoms with Crippen LogP contribution in [0.4, 0.5) is 11.6 Å². The Kier molecular flexibility index (Phi) is 6.30. The first kappa shape index (κ1) is 22.4. The lowest BCUT2D eigenvalue weighted by molar-refractivity contribution is -0.117. The van der Waals surface area contributed by atoms with Crippen molar-refractivity contribution >= 4 is 34.4 Å². The first-order valence-corrected chi connectivity index (χ1v) is 11.6. The molecule has 4 heterocycles. The number of nitrogens with one attached hydrogen (secondary N) is 2. The Morgan fingerprint density at radius 3 is 2.77 bits per heavy atom. The largest absolute Gasteiger partial charge is 0.370 e. The minimum absolute atomic E-state index is 0.102. The second-order valence-electron chi connectivity index (χ2n) is 8.27. The van der Waals surface area contributed by atoms with Gasteiger partial charge in [-0.15, -0.1) is 0 Å². The second kappa shape index (κ2) is 9.84. The fourth-order valence-corrected chi connectivity index (χ4v) is 4.32. The SMILES string of the molecule is CNC(=O)c1ccnc2c(CCNc3cc(-c4ccnc(N5CCCC5=O)c4)ncn3)cccc12. The van der Waals surface area contributed by atoms with E-state index in [0.29, 0.717) is 43.1 Å². The van der Waals surface area contributed by atoms with Crippen molar-refractivity contribution < 1.29 is 9.59 Å². The molecule has 1 aliphatic rings. The van der Waals surface area contributed by atoms with Gasteiger partial charge in [-0.05, 0) is 36.6 Å². The molecule has 2 amide bonds. The van der Waals surface area contributed by atoms with Gasteiger partial charge in [-0.2, -0.15) is 0 Å². The maximum Gasteiger partial charge on any atom is 0.251 e. The molecular weight excluding hydrogens is 442 g/mol. The molecule has 3 aromatic heterocycles.